The molecule has 4 nitrogen and oxygen atoms in total. The van der Waals surface area contributed by atoms with Gasteiger partial charge in [-0.2, -0.15) is 0 Å². The number of halogens is 5. The van der Waals surface area contributed by atoms with Crippen LogP contribution in [0.1, 0.15) is 37.3 Å². The lowest BCUT2D eigenvalue weighted by Crippen LogP contribution is -2.17. The fourth-order valence-corrected chi connectivity index (χ4v) is 2.31. The van der Waals surface area contributed by atoms with Gasteiger partial charge in [-0.15, -0.1) is 13.2 Å². The molecule has 9 heteroatoms. The Morgan fingerprint density at radius 3 is 2.29 bits per heavy atom. The third kappa shape index (κ3) is 4.70. The molecule has 1 heterocycles. The van der Waals surface area contributed by atoms with E-state index in [1.54, 1.807) is 6.92 Å². The summed E-state index contributed by atoms with van der Waals surface area (Å²) in [7, 11) is 0. The normalized spacial score (nSPS) is 14.1. The van der Waals surface area contributed by atoms with Crippen LogP contribution in [0.5, 0.6) is 5.75 Å². The van der Waals surface area contributed by atoms with Gasteiger partial charge >= 0.3 is 6.36 Å². The largest absolute Gasteiger partial charge is 0.573 e. The molecule has 0 spiro atoms. The van der Waals surface area contributed by atoms with Gasteiger partial charge in [-0.3, -0.25) is 0 Å². The Labute approximate surface area is 140 Å². The van der Waals surface area contributed by atoms with Crippen molar-refractivity contribution in [3.63, 3.8) is 0 Å². The van der Waals surface area contributed by atoms with E-state index in [0.717, 1.165) is 0 Å². The van der Waals surface area contributed by atoms with E-state index < -0.39 is 12.5 Å². The molecule has 0 radical (unpaired) electrons. The van der Waals surface area contributed by atoms with Gasteiger partial charge < -0.3 is 10.1 Å². The number of hydrogen-bond donors (Lipinski definition) is 1. The van der Waals surface area contributed by atoms with Crippen LogP contribution in [0.3, 0.4) is 0 Å². The Bertz CT molecular complexity index is 692. The molecule has 2 aromatic rings. The number of rotatable bonds is 5. The first-order valence-corrected chi connectivity index (χ1v) is 7.32. The topological polar surface area (TPSA) is 47.0 Å². The van der Waals surface area contributed by atoms with Crippen LogP contribution < -0.4 is 10.1 Å². The number of nitrogens with one attached hydrogen (secondary N) is 1. The summed E-state index contributed by atoms with van der Waals surface area (Å²) in [6, 6.07) is 5.04. The highest BCUT2D eigenvalue weighted by molar-refractivity contribution is 6.33. The molecule has 1 aromatic carbocycles. The number of alkyl halides is 4. The predicted octanol–water partition coefficient (Wildman–Crippen LogP) is 5.23. The second-order valence-corrected chi connectivity index (χ2v) is 5.40. The minimum Gasteiger partial charge on any atom is -0.406 e. The molecule has 1 aromatic heterocycles. The van der Waals surface area contributed by atoms with Gasteiger partial charge in [0.1, 0.15) is 29.1 Å². The smallest absolute Gasteiger partial charge is 0.406 e. The summed E-state index contributed by atoms with van der Waals surface area (Å²) in [4.78, 5) is 7.74. The van der Waals surface area contributed by atoms with Gasteiger partial charge in [0, 0.05) is 6.04 Å². The maximum atomic E-state index is 13.4. The van der Waals surface area contributed by atoms with Crippen molar-refractivity contribution in [3.05, 3.63) is 46.9 Å². The molecule has 0 bridgehead atoms. The summed E-state index contributed by atoms with van der Waals surface area (Å²) in [5.41, 5.74) is 0.740. The number of aromatic nitrogens is 2. The fraction of sp³-hybridized carbons (Fsp3) is 0.333. The van der Waals surface area contributed by atoms with Gasteiger partial charge in [0.05, 0.1) is 5.69 Å². The molecule has 1 N–H and O–H groups in total. The zero-order chi connectivity index (χ0) is 17.9. The Morgan fingerprint density at radius 1 is 1.12 bits per heavy atom. The molecule has 0 aliphatic carbocycles. The predicted molar refractivity (Wildman–Crippen MR) is 81.7 cm³/mol. The van der Waals surface area contributed by atoms with Crippen LogP contribution in [-0.2, 0) is 0 Å². The Hall–Kier alpha value is -2.09. The van der Waals surface area contributed by atoms with Gasteiger partial charge in [0.15, 0.2) is 0 Å². The fourth-order valence-electron chi connectivity index (χ4n) is 2.01. The Balaban J connectivity index is 2.13. The van der Waals surface area contributed by atoms with Crippen molar-refractivity contribution >= 4 is 17.4 Å². The maximum Gasteiger partial charge on any atom is 0.573 e. The van der Waals surface area contributed by atoms with E-state index in [1.807, 2.05) is 0 Å². The molecule has 2 rings (SSSR count). The zero-order valence-corrected chi connectivity index (χ0v) is 13.5. The molecule has 0 saturated heterocycles. The highest BCUT2D eigenvalue weighted by Crippen LogP contribution is 2.31. The lowest BCUT2D eigenvalue weighted by atomic mass is 10.1. The third-order valence-corrected chi connectivity index (χ3v) is 3.53. The van der Waals surface area contributed by atoms with E-state index in [1.165, 1.54) is 37.5 Å². The van der Waals surface area contributed by atoms with Crippen molar-refractivity contribution in [1.82, 2.24) is 9.97 Å². The van der Waals surface area contributed by atoms with Crippen LogP contribution in [-0.4, -0.2) is 16.3 Å². The van der Waals surface area contributed by atoms with Gasteiger partial charge in [-0.1, -0.05) is 23.7 Å². The standard InChI is InChI=1S/C15H14ClF4N3O/c1-8(17)13-12(16)14(22-7-21-13)23-9(2)10-3-5-11(6-4-10)24-15(18,19)20/h3-9H,1-2H3,(H,21,22,23). The van der Waals surface area contributed by atoms with Gasteiger partial charge in [-0.05, 0) is 31.5 Å². The molecule has 2 atom stereocenters. The Morgan fingerprint density at radius 2 is 1.75 bits per heavy atom. The SMILES string of the molecule is CC(F)c1ncnc(NC(C)c2ccc(OC(F)(F)F)cc2)c1Cl. The van der Waals surface area contributed by atoms with Crippen LogP contribution >= 0.6 is 11.6 Å². The molecule has 0 aliphatic rings. The zero-order valence-electron chi connectivity index (χ0n) is 12.7. The molecule has 0 saturated carbocycles. The Kier molecular flexibility index (Phi) is 5.48. The van der Waals surface area contributed by atoms with Crippen molar-refractivity contribution in [2.75, 3.05) is 5.32 Å². The first-order valence-electron chi connectivity index (χ1n) is 6.94. The van der Waals surface area contributed by atoms with E-state index >= 15 is 0 Å². The highest BCUT2D eigenvalue weighted by Gasteiger charge is 2.31. The molecule has 24 heavy (non-hydrogen) atoms. The monoisotopic (exact) mass is 363 g/mol. The molecule has 0 aliphatic heterocycles. The molecule has 2 unspecified atom stereocenters. The van der Waals surface area contributed by atoms with Gasteiger partial charge in [-0.25, -0.2) is 14.4 Å². The summed E-state index contributed by atoms with van der Waals surface area (Å²) >= 11 is 6.06. The molecular formula is C15H14ClF4N3O. The van der Waals surface area contributed by atoms with Crippen LogP contribution in [0, 0.1) is 0 Å². The van der Waals surface area contributed by atoms with Crippen molar-refractivity contribution in [2.45, 2.75) is 32.4 Å². The van der Waals surface area contributed by atoms with Crippen LogP contribution in [0.25, 0.3) is 0 Å². The van der Waals surface area contributed by atoms with Gasteiger partial charge in [0.25, 0.3) is 0 Å². The minimum absolute atomic E-state index is 0.0651. The number of anilines is 1. The first-order chi connectivity index (χ1) is 11.2. The molecule has 0 amide bonds. The van der Waals surface area contributed by atoms with Crippen molar-refractivity contribution < 1.29 is 22.3 Å². The van der Waals surface area contributed by atoms with E-state index in [-0.39, 0.29) is 28.3 Å². The van der Waals surface area contributed by atoms with E-state index in [0.29, 0.717) is 5.56 Å². The average molecular weight is 364 g/mol. The van der Waals surface area contributed by atoms with Gasteiger partial charge in [0.2, 0.25) is 0 Å². The number of benzene rings is 1. The van der Waals surface area contributed by atoms with E-state index in [4.69, 9.17) is 11.6 Å². The molecule has 130 valence electrons. The minimum atomic E-state index is -4.74. The lowest BCUT2D eigenvalue weighted by Gasteiger charge is -2.17. The molecular weight excluding hydrogens is 350 g/mol. The van der Waals surface area contributed by atoms with E-state index in [9.17, 15) is 17.6 Å². The van der Waals surface area contributed by atoms with E-state index in [2.05, 4.69) is 20.0 Å². The van der Waals surface area contributed by atoms with Crippen LogP contribution in [0.4, 0.5) is 23.4 Å². The van der Waals surface area contributed by atoms with Crippen LogP contribution in [0.15, 0.2) is 30.6 Å². The summed E-state index contributed by atoms with van der Waals surface area (Å²) in [6.45, 7) is 3.07. The summed E-state index contributed by atoms with van der Waals surface area (Å²) in [6.07, 6.45) is -4.90. The molecule has 0 fully saturated rings. The van der Waals surface area contributed by atoms with Crippen molar-refractivity contribution in [2.24, 2.45) is 0 Å². The third-order valence-electron chi connectivity index (χ3n) is 3.16. The second kappa shape index (κ2) is 7.21. The highest BCUT2D eigenvalue weighted by atomic mass is 35.5. The second-order valence-electron chi connectivity index (χ2n) is 5.02. The number of nitrogens with zero attached hydrogens (tertiary/aromatic N) is 2. The number of ether oxygens (including phenoxy) is 1. The maximum absolute atomic E-state index is 13.4. The summed E-state index contributed by atoms with van der Waals surface area (Å²) in [5.74, 6) is -0.0682. The number of hydrogen-bond acceptors (Lipinski definition) is 4. The lowest BCUT2D eigenvalue weighted by molar-refractivity contribution is -0.274. The van der Waals surface area contributed by atoms with Crippen LogP contribution in [0.2, 0.25) is 5.02 Å². The summed E-state index contributed by atoms with van der Waals surface area (Å²) < 4.78 is 53.6. The van der Waals surface area contributed by atoms with Crippen molar-refractivity contribution in [1.29, 1.82) is 0 Å². The van der Waals surface area contributed by atoms with Crippen molar-refractivity contribution in [3.8, 4) is 5.75 Å². The summed E-state index contributed by atoms with van der Waals surface area (Å²) in [5, 5.41) is 3.04. The first kappa shape index (κ1) is 18.3. The quantitative estimate of drug-likeness (QED) is 0.739. The average Bonchev–Trinajstić information content (AvgIpc) is 2.48.